The summed E-state index contributed by atoms with van der Waals surface area (Å²) in [5.41, 5.74) is 3.11. The SMILES string of the molecule is CCC(Sc1nc2ncccc2[nH]1)C(=O)Nc1cccc(Cl)c1C. The van der Waals surface area contributed by atoms with Crippen LogP contribution >= 0.6 is 23.4 Å². The highest BCUT2D eigenvalue weighted by Crippen LogP contribution is 2.27. The van der Waals surface area contributed by atoms with E-state index in [1.54, 1.807) is 12.3 Å². The number of aromatic nitrogens is 3. The van der Waals surface area contributed by atoms with E-state index in [9.17, 15) is 4.79 Å². The van der Waals surface area contributed by atoms with Crippen LogP contribution in [0.4, 0.5) is 5.69 Å². The fourth-order valence-corrected chi connectivity index (χ4v) is 3.38. The van der Waals surface area contributed by atoms with Gasteiger partial charge < -0.3 is 10.3 Å². The van der Waals surface area contributed by atoms with Gasteiger partial charge in [-0.3, -0.25) is 4.79 Å². The molecular formula is C17H17ClN4OS. The lowest BCUT2D eigenvalue weighted by Crippen LogP contribution is -2.25. The zero-order valence-electron chi connectivity index (χ0n) is 13.3. The molecule has 3 aromatic rings. The van der Waals surface area contributed by atoms with Gasteiger partial charge in [0.1, 0.15) is 0 Å². The van der Waals surface area contributed by atoms with Crippen molar-refractivity contribution in [2.24, 2.45) is 0 Å². The summed E-state index contributed by atoms with van der Waals surface area (Å²) in [6, 6.07) is 9.24. The molecule has 24 heavy (non-hydrogen) atoms. The number of hydrogen-bond acceptors (Lipinski definition) is 4. The molecule has 2 aromatic heterocycles. The number of thioether (sulfide) groups is 1. The third-order valence-corrected chi connectivity index (χ3v) is 5.34. The molecule has 0 aliphatic carbocycles. The fourth-order valence-electron chi connectivity index (χ4n) is 2.29. The minimum atomic E-state index is -0.260. The first kappa shape index (κ1) is 16.8. The summed E-state index contributed by atoms with van der Waals surface area (Å²) in [5, 5.41) is 4.02. The van der Waals surface area contributed by atoms with Crippen LogP contribution in [0.1, 0.15) is 18.9 Å². The summed E-state index contributed by atoms with van der Waals surface area (Å²) < 4.78 is 0. The van der Waals surface area contributed by atoms with E-state index < -0.39 is 0 Å². The van der Waals surface area contributed by atoms with Gasteiger partial charge in [0.2, 0.25) is 5.91 Å². The lowest BCUT2D eigenvalue weighted by Gasteiger charge is -2.15. The summed E-state index contributed by atoms with van der Waals surface area (Å²) in [4.78, 5) is 24.4. The molecule has 1 unspecified atom stereocenters. The Kier molecular flexibility index (Phi) is 5.06. The number of carbonyl (C=O) groups excluding carboxylic acids is 1. The predicted molar refractivity (Wildman–Crippen MR) is 98.6 cm³/mol. The molecule has 2 heterocycles. The zero-order chi connectivity index (χ0) is 17.1. The van der Waals surface area contributed by atoms with Gasteiger partial charge in [-0.05, 0) is 43.2 Å². The van der Waals surface area contributed by atoms with E-state index in [0.29, 0.717) is 22.2 Å². The standard InChI is InChI=1S/C17H17ClN4OS/c1-3-14(16(23)20-12-7-4-6-11(18)10(12)2)24-17-21-13-8-5-9-19-15(13)22-17/h4-9,14H,3H2,1-2H3,(H,20,23)(H,19,21,22). The predicted octanol–water partition coefficient (Wildman–Crippen LogP) is 4.43. The van der Waals surface area contributed by atoms with Crippen LogP contribution in [0.3, 0.4) is 0 Å². The number of rotatable bonds is 5. The van der Waals surface area contributed by atoms with Crippen LogP contribution in [0.15, 0.2) is 41.7 Å². The Morgan fingerprint density at radius 1 is 1.38 bits per heavy atom. The summed E-state index contributed by atoms with van der Waals surface area (Å²) >= 11 is 7.51. The van der Waals surface area contributed by atoms with Crippen LogP contribution in [0.2, 0.25) is 5.02 Å². The van der Waals surface area contributed by atoms with Gasteiger partial charge in [-0.15, -0.1) is 0 Å². The number of hydrogen-bond donors (Lipinski definition) is 2. The number of fused-ring (bicyclic) bond motifs is 1. The van der Waals surface area contributed by atoms with Crippen LogP contribution in [0, 0.1) is 6.92 Å². The van der Waals surface area contributed by atoms with Crippen LogP contribution < -0.4 is 5.32 Å². The highest BCUT2D eigenvalue weighted by molar-refractivity contribution is 8.00. The van der Waals surface area contributed by atoms with Crippen LogP contribution in [0.5, 0.6) is 0 Å². The summed E-state index contributed by atoms with van der Waals surface area (Å²) in [6.45, 7) is 3.86. The Hall–Kier alpha value is -2.05. The molecule has 0 radical (unpaired) electrons. The van der Waals surface area contributed by atoms with Gasteiger partial charge in [-0.2, -0.15) is 0 Å². The van der Waals surface area contributed by atoms with E-state index in [0.717, 1.165) is 16.8 Å². The quantitative estimate of drug-likeness (QED) is 0.660. The normalized spacial score (nSPS) is 12.3. The average Bonchev–Trinajstić information content (AvgIpc) is 2.99. The van der Waals surface area contributed by atoms with Gasteiger partial charge in [-0.25, -0.2) is 9.97 Å². The van der Waals surface area contributed by atoms with Crippen molar-refractivity contribution in [1.29, 1.82) is 0 Å². The van der Waals surface area contributed by atoms with Crippen LogP contribution in [-0.4, -0.2) is 26.1 Å². The minimum absolute atomic E-state index is 0.0683. The lowest BCUT2D eigenvalue weighted by molar-refractivity contribution is -0.115. The molecule has 3 rings (SSSR count). The summed E-state index contributed by atoms with van der Waals surface area (Å²) in [5.74, 6) is -0.0683. The second kappa shape index (κ2) is 7.23. The molecule has 5 nitrogen and oxygen atoms in total. The molecule has 0 saturated heterocycles. The van der Waals surface area contributed by atoms with Crippen molar-refractivity contribution in [1.82, 2.24) is 15.0 Å². The second-order valence-electron chi connectivity index (χ2n) is 5.33. The van der Waals surface area contributed by atoms with Crippen molar-refractivity contribution >= 4 is 46.1 Å². The molecule has 0 spiro atoms. The fraction of sp³-hybridized carbons (Fsp3) is 0.235. The maximum Gasteiger partial charge on any atom is 0.237 e. The van der Waals surface area contributed by atoms with Gasteiger partial charge in [0.15, 0.2) is 10.8 Å². The largest absolute Gasteiger partial charge is 0.332 e. The summed E-state index contributed by atoms with van der Waals surface area (Å²) in [6.07, 6.45) is 2.38. The molecule has 0 saturated carbocycles. The number of anilines is 1. The van der Waals surface area contributed by atoms with Crippen LogP contribution in [-0.2, 0) is 4.79 Å². The van der Waals surface area contributed by atoms with Crippen molar-refractivity contribution < 1.29 is 4.79 Å². The third-order valence-electron chi connectivity index (χ3n) is 3.68. The number of benzene rings is 1. The Morgan fingerprint density at radius 3 is 2.96 bits per heavy atom. The molecule has 1 amide bonds. The molecule has 0 bridgehead atoms. The molecule has 7 heteroatoms. The van der Waals surface area contributed by atoms with Crippen molar-refractivity contribution in [3.63, 3.8) is 0 Å². The first-order valence-corrected chi connectivity index (χ1v) is 8.87. The van der Waals surface area contributed by atoms with Gasteiger partial charge in [0.25, 0.3) is 0 Å². The number of halogens is 1. The maximum atomic E-state index is 12.6. The molecule has 1 atom stereocenters. The van der Waals surface area contributed by atoms with Crippen LogP contribution in [0.25, 0.3) is 11.2 Å². The second-order valence-corrected chi connectivity index (χ2v) is 6.93. The molecule has 1 aromatic carbocycles. The Labute approximate surface area is 149 Å². The lowest BCUT2D eigenvalue weighted by atomic mass is 10.2. The van der Waals surface area contributed by atoms with Crippen molar-refractivity contribution in [2.75, 3.05) is 5.32 Å². The van der Waals surface area contributed by atoms with Gasteiger partial charge in [-0.1, -0.05) is 36.4 Å². The van der Waals surface area contributed by atoms with Crippen molar-refractivity contribution in [2.45, 2.75) is 30.7 Å². The third kappa shape index (κ3) is 3.55. The number of nitrogens with zero attached hydrogens (tertiary/aromatic N) is 2. The van der Waals surface area contributed by atoms with E-state index in [1.807, 2.05) is 38.1 Å². The van der Waals surface area contributed by atoms with E-state index in [-0.39, 0.29) is 11.2 Å². The van der Waals surface area contributed by atoms with E-state index in [1.165, 1.54) is 11.8 Å². The smallest absolute Gasteiger partial charge is 0.237 e. The first-order valence-electron chi connectivity index (χ1n) is 7.62. The van der Waals surface area contributed by atoms with E-state index in [2.05, 4.69) is 20.3 Å². The first-order chi connectivity index (χ1) is 11.6. The number of nitrogens with one attached hydrogen (secondary N) is 2. The number of imidazole rings is 1. The highest BCUT2D eigenvalue weighted by Gasteiger charge is 2.21. The van der Waals surface area contributed by atoms with Gasteiger partial charge in [0, 0.05) is 16.9 Å². The monoisotopic (exact) mass is 360 g/mol. The number of carbonyl (C=O) groups is 1. The minimum Gasteiger partial charge on any atom is -0.332 e. The molecule has 0 aliphatic rings. The van der Waals surface area contributed by atoms with Gasteiger partial charge in [0.05, 0.1) is 10.8 Å². The molecule has 0 aliphatic heterocycles. The highest BCUT2D eigenvalue weighted by atomic mass is 35.5. The average molecular weight is 361 g/mol. The number of amides is 1. The number of pyridine rings is 1. The van der Waals surface area contributed by atoms with Crippen molar-refractivity contribution in [3.05, 3.63) is 47.1 Å². The van der Waals surface area contributed by atoms with Crippen molar-refractivity contribution in [3.8, 4) is 0 Å². The topological polar surface area (TPSA) is 70.7 Å². The van der Waals surface area contributed by atoms with E-state index >= 15 is 0 Å². The Bertz CT molecular complexity index is 847. The maximum absolute atomic E-state index is 12.6. The summed E-state index contributed by atoms with van der Waals surface area (Å²) in [7, 11) is 0. The Morgan fingerprint density at radius 2 is 2.21 bits per heavy atom. The van der Waals surface area contributed by atoms with E-state index in [4.69, 9.17) is 11.6 Å². The molecule has 0 fully saturated rings. The number of aromatic amines is 1. The molecule has 2 N–H and O–H groups in total. The number of H-pyrrole nitrogens is 1. The molecular weight excluding hydrogens is 344 g/mol. The Balaban J connectivity index is 1.75. The van der Waals surface area contributed by atoms with Gasteiger partial charge >= 0.3 is 0 Å². The molecule has 124 valence electrons. The zero-order valence-corrected chi connectivity index (χ0v) is 14.9.